The van der Waals surface area contributed by atoms with Crippen LogP contribution < -0.4 is 10.6 Å². The number of hydrogen-bond acceptors (Lipinski definition) is 5. The van der Waals surface area contributed by atoms with Crippen LogP contribution in [-0.4, -0.2) is 24.4 Å². The molecule has 1 heterocycles. The topological polar surface area (TPSA) is 84.5 Å². The lowest BCUT2D eigenvalue weighted by atomic mass is 10.0. The lowest BCUT2D eigenvalue weighted by molar-refractivity contribution is -0.147. The Morgan fingerprint density at radius 3 is 2.42 bits per heavy atom. The minimum absolute atomic E-state index is 0.0437. The lowest BCUT2D eigenvalue weighted by Gasteiger charge is -2.16. The molecule has 2 aromatic carbocycles. The Balaban J connectivity index is 1.54. The summed E-state index contributed by atoms with van der Waals surface area (Å²) >= 11 is 1.44. The summed E-state index contributed by atoms with van der Waals surface area (Å²) in [5.41, 5.74) is 2.78. The Morgan fingerprint density at radius 1 is 0.968 bits per heavy atom. The highest BCUT2D eigenvalue weighted by Crippen LogP contribution is 2.23. The lowest BCUT2D eigenvalue weighted by Crippen LogP contribution is -2.29. The van der Waals surface area contributed by atoms with Gasteiger partial charge in [-0.25, -0.2) is 0 Å². The Bertz CT molecular complexity index is 1020. The zero-order valence-electron chi connectivity index (χ0n) is 17.2. The van der Waals surface area contributed by atoms with Gasteiger partial charge in [0.1, 0.15) is 0 Å². The second kappa shape index (κ2) is 11.1. The first-order valence-electron chi connectivity index (χ1n) is 9.89. The summed E-state index contributed by atoms with van der Waals surface area (Å²) in [6.45, 7) is 1.00. The number of carbonyl (C=O) groups excluding carboxylic acids is 3. The van der Waals surface area contributed by atoms with E-state index in [9.17, 15) is 14.4 Å². The molecule has 0 saturated heterocycles. The molecule has 2 N–H and O–H groups in total. The second-order valence-electron chi connectivity index (χ2n) is 7.00. The largest absolute Gasteiger partial charge is 0.455 e. The molecule has 3 aromatic rings. The third-order valence-electron chi connectivity index (χ3n) is 4.53. The van der Waals surface area contributed by atoms with Crippen molar-refractivity contribution >= 4 is 34.8 Å². The van der Waals surface area contributed by atoms with Crippen molar-refractivity contribution in [2.24, 2.45) is 0 Å². The van der Waals surface area contributed by atoms with Crippen molar-refractivity contribution in [3.8, 4) is 0 Å². The van der Waals surface area contributed by atoms with Crippen LogP contribution in [0.25, 0.3) is 0 Å². The maximum absolute atomic E-state index is 12.4. The Kier molecular flexibility index (Phi) is 7.95. The van der Waals surface area contributed by atoms with Gasteiger partial charge in [-0.15, -0.1) is 11.3 Å². The summed E-state index contributed by atoms with van der Waals surface area (Å²) in [6, 6.07) is 20.7. The number of rotatable bonds is 9. The van der Waals surface area contributed by atoms with E-state index in [1.54, 1.807) is 0 Å². The standard InChI is InChI=1S/C24H24N2O4S/c1-17(27)25-21(22-12-7-13-31-22)15-24(29)30-16-23(28)26-20-11-6-5-10-19(20)14-18-8-3-2-4-9-18/h2-13,21H,14-16H2,1H3,(H,25,27)(H,26,28). The molecule has 1 aromatic heterocycles. The van der Waals surface area contributed by atoms with Crippen molar-refractivity contribution < 1.29 is 19.1 Å². The molecule has 0 bridgehead atoms. The van der Waals surface area contributed by atoms with Gasteiger partial charge in [-0.2, -0.15) is 0 Å². The van der Waals surface area contributed by atoms with E-state index in [4.69, 9.17) is 4.74 Å². The van der Waals surface area contributed by atoms with E-state index >= 15 is 0 Å². The van der Waals surface area contributed by atoms with Crippen molar-refractivity contribution in [1.82, 2.24) is 5.32 Å². The molecule has 0 aliphatic carbocycles. The number of ether oxygens (including phenoxy) is 1. The average molecular weight is 437 g/mol. The summed E-state index contributed by atoms with van der Waals surface area (Å²) in [7, 11) is 0. The van der Waals surface area contributed by atoms with E-state index in [-0.39, 0.29) is 12.3 Å². The van der Waals surface area contributed by atoms with Crippen LogP contribution in [0.2, 0.25) is 0 Å². The van der Waals surface area contributed by atoms with E-state index in [0.29, 0.717) is 12.1 Å². The normalized spacial score (nSPS) is 11.4. The van der Waals surface area contributed by atoms with Gasteiger partial charge in [0.2, 0.25) is 5.91 Å². The van der Waals surface area contributed by atoms with Gasteiger partial charge in [-0.3, -0.25) is 14.4 Å². The smallest absolute Gasteiger partial charge is 0.308 e. The number of esters is 1. The van der Waals surface area contributed by atoms with Crippen LogP contribution >= 0.6 is 11.3 Å². The number of para-hydroxylation sites is 1. The predicted octanol–water partition coefficient (Wildman–Crippen LogP) is 4.09. The summed E-state index contributed by atoms with van der Waals surface area (Å²) in [5.74, 6) is -1.21. The van der Waals surface area contributed by atoms with Crippen molar-refractivity contribution in [2.75, 3.05) is 11.9 Å². The molecule has 0 aliphatic rings. The van der Waals surface area contributed by atoms with Gasteiger partial charge in [0.15, 0.2) is 6.61 Å². The quantitative estimate of drug-likeness (QED) is 0.495. The molecule has 1 atom stereocenters. The Morgan fingerprint density at radius 2 is 1.71 bits per heavy atom. The van der Waals surface area contributed by atoms with Crippen LogP contribution in [0, 0.1) is 0 Å². The van der Waals surface area contributed by atoms with Crippen LogP contribution in [0.15, 0.2) is 72.1 Å². The number of thiophene rings is 1. The molecule has 1 unspecified atom stereocenters. The minimum atomic E-state index is -0.556. The fourth-order valence-corrected chi connectivity index (χ4v) is 3.91. The molecule has 6 nitrogen and oxygen atoms in total. The summed E-state index contributed by atoms with van der Waals surface area (Å²) in [5, 5.41) is 7.43. The van der Waals surface area contributed by atoms with Crippen LogP contribution in [-0.2, 0) is 25.5 Å². The molecule has 0 aliphatic heterocycles. The number of nitrogens with one attached hydrogen (secondary N) is 2. The first-order valence-corrected chi connectivity index (χ1v) is 10.8. The Hall–Kier alpha value is -3.45. The molecule has 160 valence electrons. The molecule has 0 spiro atoms. The highest BCUT2D eigenvalue weighted by atomic mass is 32.1. The first-order chi connectivity index (χ1) is 15.0. The van der Waals surface area contributed by atoms with Crippen molar-refractivity contribution in [2.45, 2.75) is 25.8 Å². The van der Waals surface area contributed by atoms with Gasteiger partial charge in [-0.05, 0) is 35.1 Å². The van der Waals surface area contributed by atoms with E-state index < -0.39 is 24.5 Å². The maximum atomic E-state index is 12.4. The third kappa shape index (κ3) is 7.08. The number of carbonyl (C=O) groups is 3. The fraction of sp³-hybridized carbons (Fsp3) is 0.208. The van der Waals surface area contributed by atoms with Crippen molar-refractivity contribution in [3.05, 3.63) is 88.1 Å². The second-order valence-corrected chi connectivity index (χ2v) is 7.98. The van der Waals surface area contributed by atoms with E-state index in [1.807, 2.05) is 72.1 Å². The number of amides is 2. The molecule has 0 saturated carbocycles. The third-order valence-corrected chi connectivity index (χ3v) is 5.51. The highest BCUT2D eigenvalue weighted by molar-refractivity contribution is 7.10. The van der Waals surface area contributed by atoms with Gasteiger partial charge < -0.3 is 15.4 Å². The zero-order chi connectivity index (χ0) is 22.1. The maximum Gasteiger partial charge on any atom is 0.308 e. The highest BCUT2D eigenvalue weighted by Gasteiger charge is 2.20. The van der Waals surface area contributed by atoms with Gasteiger partial charge in [0, 0.05) is 17.5 Å². The molecule has 7 heteroatoms. The molecule has 31 heavy (non-hydrogen) atoms. The molecule has 0 radical (unpaired) electrons. The van der Waals surface area contributed by atoms with E-state index in [2.05, 4.69) is 10.6 Å². The van der Waals surface area contributed by atoms with E-state index in [1.165, 1.54) is 18.3 Å². The fourth-order valence-electron chi connectivity index (χ4n) is 3.13. The van der Waals surface area contributed by atoms with Gasteiger partial charge in [0.25, 0.3) is 5.91 Å². The van der Waals surface area contributed by atoms with Crippen LogP contribution in [0.5, 0.6) is 0 Å². The monoisotopic (exact) mass is 436 g/mol. The minimum Gasteiger partial charge on any atom is -0.455 e. The molecule has 0 fully saturated rings. The zero-order valence-corrected chi connectivity index (χ0v) is 18.0. The van der Waals surface area contributed by atoms with Crippen molar-refractivity contribution in [1.29, 1.82) is 0 Å². The molecular formula is C24H24N2O4S. The van der Waals surface area contributed by atoms with E-state index in [0.717, 1.165) is 16.0 Å². The average Bonchev–Trinajstić information content (AvgIpc) is 3.29. The summed E-state index contributed by atoms with van der Waals surface area (Å²) in [6.07, 6.45) is 0.633. The summed E-state index contributed by atoms with van der Waals surface area (Å²) < 4.78 is 5.15. The van der Waals surface area contributed by atoms with Crippen LogP contribution in [0.4, 0.5) is 5.69 Å². The molecule has 2 amide bonds. The molecular weight excluding hydrogens is 412 g/mol. The van der Waals surface area contributed by atoms with Gasteiger partial charge in [0.05, 0.1) is 12.5 Å². The number of anilines is 1. The number of benzene rings is 2. The molecule has 3 rings (SSSR count). The van der Waals surface area contributed by atoms with Crippen LogP contribution in [0.1, 0.15) is 35.4 Å². The Labute approximate surface area is 185 Å². The van der Waals surface area contributed by atoms with Crippen LogP contribution in [0.3, 0.4) is 0 Å². The van der Waals surface area contributed by atoms with Crippen molar-refractivity contribution in [3.63, 3.8) is 0 Å². The first kappa shape index (κ1) is 22.2. The van der Waals surface area contributed by atoms with Gasteiger partial charge >= 0.3 is 5.97 Å². The summed E-state index contributed by atoms with van der Waals surface area (Å²) in [4.78, 5) is 36.9. The van der Waals surface area contributed by atoms with Gasteiger partial charge in [-0.1, -0.05) is 54.6 Å². The SMILES string of the molecule is CC(=O)NC(CC(=O)OCC(=O)Nc1ccccc1Cc1ccccc1)c1cccs1. The predicted molar refractivity (Wildman–Crippen MR) is 121 cm³/mol. The number of hydrogen-bond donors (Lipinski definition) is 2.